The lowest BCUT2D eigenvalue weighted by Gasteiger charge is -2.24. The molecule has 4 nitrogen and oxygen atoms in total. The van der Waals surface area contributed by atoms with Crippen molar-refractivity contribution in [3.63, 3.8) is 0 Å². The van der Waals surface area contributed by atoms with E-state index in [1.54, 1.807) is 0 Å². The minimum atomic E-state index is 0. The highest BCUT2D eigenvalue weighted by Crippen LogP contribution is 2.14. The first-order chi connectivity index (χ1) is 11.7. The van der Waals surface area contributed by atoms with Crippen molar-refractivity contribution in [2.45, 2.75) is 26.0 Å². The van der Waals surface area contributed by atoms with Crippen LogP contribution in [0.2, 0.25) is 0 Å². The number of guanidine groups is 1. The van der Waals surface area contributed by atoms with E-state index in [9.17, 15) is 0 Å². The third-order valence-electron chi connectivity index (χ3n) is 4.14. The van der Waals surface area contributed by atoms with Crippen LogP contribution in [0.1, 0.15) is 24.5 Å². The van der Waals surface area contributed by atoms with Gasteiger partial charge in [-0.05, 0) is 25.8 Å². The average molecular weight is 477 g/mol. The molecule has 1 aromatic rings. The Morgan fingerprint density at radius 2 is 2.12 bits per heavy atom. The van der Waals surface area contributed by atoms with Gasteiger partial charge in [0.15, 0.2) is 5.96 Å². The minimum absolute atomic E-state index is 0. The number of rotatable bonds is 8. The first-order valence-electron chi connectivity index (χ1n) is 8.89. The van der Waals surface area contributed by atoms with Gasteiger partial charge < -0.3 is 15.0 Å². The monoisotopic (exact) mass is 477 g/mol. The van der Waals surface area contributed by atoms with Crippen LogP contribution in [0.4, 0.5) is 0 Å². The van der Waals surface area contributed by atoms with Crippen LogP contribution in [0.3, 0.4) is 0 Å². The number of aryl methyl sites for hydroxylation is 1. The van der Waals surface area contributed by atoms with E-state index in [0.29, 0.717) is 5.92 Å². The van der Waals surface area contributed by atoms with Gasteiger partial charge in [0.2, 0.25) is 0 Å². The van der Waals surface area contributed by atoms with Crippen molar-refractivity contribution in [1.82, 2.24) is 10.2 Å². The predicted molar refractivity (Wildman–Crippen MR) is 120 cm³/mol. The molecule has 1 aliphatic rings. The highest BCUT2D eigenvalue weighted by molar-refractivity contribution is 14.0. The Labute approximate surface area is 174 Å². The van der Waals surface area contributed by atoms with Crippen molar-refractivity contribution in [1.29, 1.82) is 0 Å². The molecule has 0 radical (unpaired) electrons. The number of hydrogen-bond donors (Lipinski definition) is 1. The molecule has 142 valence electrons. The zero-order valence-electron chi connectivity index (χ0n) is 15.7. The summed E-state index contributed by atoms with van der Waals surface area (Å²) in [6, 6.07) is 8.79. The Kier molecular flexibility index (Phi) is 11.6. The molecule has 1 saturated heterocycles. The van der Waals surface area contributed by atoms with E-state index in [0.717, 1.165) is 56.7 Å². The van der Waals surface area contributed by atoms with E-state index in [1.165, 1.54) is 11.1 Å². The molecule has 0 bridgehead atoms. The molecule has 0 aromatic heterocycles. The molecule has 1 unspecified atom stereocenters. The van der Waals surface area contributed by atoms with Crippen LogP contribution in [-0.4, -0.2) is 56.5 Å². The predicted octanol–water partition coefficient (Wildman–Crippen LogP) is 3.78. The fourth-order valence-electron chi connectivity index (χ4n) is 2.76. The molecular formula is C19H32IN3OS. The number of thioether (sulfide) groups is 1. The summed E-state index contributed by atoms with van der Waals surface area (Å²) in [6.45, 7) is 8.81. The molecule has 0 spiro atoms. The van der Waals surface area contributed by atoms with Crippen LogP contribution in [0, 0.1) is 12.8 Å². The van der Waals surface area contributed by atoms with Crippen molar-refractivity contribution in [2.75, 3.05) is 45.6 Å². The van der Waals surface area contributed by atoms with Crippen molar-refractivity contribution < 1.29 is 4.74 Å². The standard InChI is InChI=1S/C19H31N3OS.HI/c1-4-20-19(22(3)13-18-9-11-23-14-18)21-10-12-24-15-17-7-5-16(2)6-8-17;/h5-8,18H,4,9-15H2,1-3H3,(H,20,21);1H. The molecule has 1 N–H and O–H groups in total. The molecule has 6 heteroatoms. The molecule has 1 atom stereocenters. The molecule has 0 saturated carbocycles. The average Bonchev–Trinajstić information content (AvgIpc) is 3.08. The summed E-state index contributed by atoms with van der Waals surface area (Å²) in [5.41, 5.74) is 2.71. The molecule has 1 fully saturated rings. The van der Waals surface area contributed by atoms with E-state index in [-0.39, 0.29) is 24.0 Å². The van der Waals surface area contributed by atoms with Gasteiger partial charge in [0.05, 0.1) is 13.2 Å². The Balaban J connectivity index is 0.00000312. The molecule has 0 amide bonds. The number of nitrogens with zero attached hydrogens (tertiary/aromatic N) is 2. The second kappa shape index (κ2) is 12.8. The van der Waals surface area contributed by atoms with Crippen LogP contribution in [0.5, 0.6) is 0 Å². The third-order valence-corrected chi connectivity index (χ3v) is 5.15. The minimum Gasteiger partial charge on any atom is -0.381 e. The highest BCUT2D eigenvalue weighted by Gasteiger charge is 2.18. The third kappa shape index (κ3) is 8.64. The van der Waals surface area contributed by atoms with Crippen LogP contribution >= 0.6 is 35.7 Å². The molecule has 1 heterocycles. The fraction of sp³-hybridized carbons (Fsp3) is 0.632. The van der Waals surface area contributed by atoms with Crippen molar-refractivity contribution in [3.05, 3.63) is 35.4 Å². The maximum Gasteiger partial charge on any atom is 0.193 e. The number of hydrogen-bond acceptors (Lipinski definition) is 3. The normalized spacial score (nSPS) is 17.2. The summed E-state index contributed by atoms with van der Waals surface area (Å²) < 4.78 is 5.47. The zero-order valence-corrected chi connectivity index (χ0v) is 18.8. The summed E-state index contributed by atoms with van der Waals surface area (Å²) in [5, 5.41) is 3.40. The smallest absolute Gasteiger partial charge is 0.193 e. The highest BCUT2D eigenvalue weighted by atomic mass is 127. The molecule has 1 aliphatic heterocycles. The molecule has 0 aliphatic carbocycles. The lowest BCUT2D eigenvalue weighted by atomic mass is 10.1. The maximum absolute atomic E-state index is 5.47. The quantitative estimate of drug-likeness (QED) is 0.268. The van der Waals surface area contributed by atoms with E-state index in [2.05, 4.69) is 55.4 Å². The van der Waals surface area contributed by atoms with Gasteiger partial charge in [0, 0.05) is 44.2 Å². The Morgan fingerprint density at radius 3 is 2.76 bits per heavy atom. The Hall–Kier alpha value is -0.470. The Bertz CT molecular complexity index is 504. The second-order valence-corrected chi connectivity index (χ2v) is 7.49. The van der Waals surface area contributed by atoms with Crippen LogP contribution in [-0.2, 0) is 10.5 Å². The summed E-state index contributed by atoms with van der Waals surface area (Å²) in [5.74, 6) is 3.75. The summed E-state index contributed by atoms with van der Waals surface area (Å²) in [4.78, 5) is 7.01. The van der Waals surface area contributed by atoms with Gasteiger partial charge in [-0.15, -0.1) is 24.0 Å². The first kappa shape index (κ1) is 22.6. The van der Waals surface area contributed by atoms with Crippen LogP contribution in [0.15, 0.2) is 29.3 Å². The van der Waals surface area contributed by atoms with Gasteiger partial charge in [-0.1, -0.05) is 29.8 Å². The number of aliphatic imine (C=N–C) groups is 1. The van der Waals surface area contributed by atoms with Crippen molar-refractivity contribution in [2.24, 2.45) is 10.9 Å². The fourth-order valence-corrected chi connectivity index (χ4v) is 3.55. The van der Waals surface area contributed by atoms with E-state index >= 15 is 0 Å². The van der Waals surface area contributed by atoms with Gasteiger partial charge in [-0.25, -0.2) is 0 Å². The number of halogens is 1. The van der Waals surface area contributed by atoms with E-state index in [1.807, 2.05) is 11.8 Å². The first-order valence-corrected chi connectivity index (χ1v) is 10.0. The van der Waals surface area contributed by atoms with Crippen molar-refractivity contribution >= 4 is 41.7 Å². The van der Waals surface area contributed by atoms with Gasteiger partial charge in [0.1, 0.15) is 0 Å². The summed E-state index contributed by atoms with van der Waals surface area (Å²) in [7, 11) is 2.12. The molecule has 1 aromatic carbocycles. The van der Waals surface area contributed by atoms with Gasteiger partial charge in [-0.3, -0.25) is 4.99 Å². The van der Waals surface area contributed by atoms with Gasteiger partial charge in [-0.2, -0.15) is 11.8 Å². The zero-order chi connectivity index (χ0) is 17.2. The largest absolute Gasteiger partial charge is 0.381 e. The second-order valence-electron chi connectivity index (χ2n) is 6.38. The van der Waals surface area contributed by atoms with Crippen LogP contribution < -0.4 is 5.32 Å². The van der Waals surface area contributed by atoms with Gasteiger partial charge >= 0.3 is 0 Å². The van der Waals surface area contributed by atoms with E-state index in [4.69, 9.17) is 9.73 Å². The topological polar surface area (TPSA) is 36.9 Å². The van der Waals surface area contributed by atoms with Gasteiger partial charge in [0.25, 0.3) is 0 Å². The molecule has 25 heavy (non-hydrogen) atoms. The van der Waals surface area contributed by atoms with Crippen LogP contribution in [0.25, 0.3) is 0 Å². The molecule has 2 rings (SSSR count). The van der Waals surface area contributed by atoms with E-state index < -0.39 is 0 Å². The number of nitrogens with one attached hydrogen (secondary N) is 1. The summed E-state index contributed by atoms with van der Waals surface area (Å²) >= 11 is 1.94. The molecular weight excluding hydrogens is 445 g/mol. The lowest BCUT2D eigenvalue weighted by Crippen LogP contribution is -2.41. The van der Waals surface area contributed by atoms with Crippen molar-refractivity contribution in [3.8, 4) is 0 Å². The lowest BCUT2D eigenvalue weighted by molar-refractivity contribution is 0.181. The SMILES string of the molecule is CCNC(=NCCSCc1ccc(C)cc1)N(C)CC1CCOC1.I. The Morgan fingerprint density at radius 1 is 1.36 bits per heavy atom. The maximum atomic E-state index is 5.47. The number of ether oxygens (including phenoxy) is 1. The number of benzene rings is 1. The summed E-state index contributed by atoms with van der Waals surface area (Å²) in [6.07, 6.45) is 1.16.